The first-order chi connectivity index (χ1) is 7.33. The number of methoxy groups -OCH3 is 1. The Balaban J connectivity index is 0.00000256. The highest BCUT2D eigenvalue weighted by atomic mass is 35.5. The van der Waals surface area contributed by atoms with Crippen LogP contribution in [0.5, 0.6) is 5.75 Å². The van der Waals surface area contributed by atoms with Crippen molar-refractivity contribution < 1.29 is 22.3 Å². The van der Waals surface area contributed by atoms with Crippen molar-refractivity contribution in [1.82, 2.24) is 0 Å². The molecule has 0 aliphatic carbocycles. The van der Waals surface area contributed by atoms with Gasteiger partial charge in [0, 0.05) is 6.04 Å². The third kappa shape index (κ3) is 4.79. The van der Waals surface area contributed by atoms with E-state index in [9.17, 15) is 17.6 Å². The molecule has 0 saturated carbocycles. The molecule has 2 nitrogen and oxygen atoms in total. The van der Waals surface area contributed by atoms with Crippen molar-refractivity contribution >= 4 is 12.4 Å². The molecular formula is C10H12ClF4NO. The van der Waals surface area contributed by atoms with Gasteiger partial charge in [-0.3, -0.25) is 0 Å². The molecule has 0 amide bonds. The highest BCUT2D eigenvalue weighted by molar-refractivity contribution is 5.85. The first-order valence-corrected chi connectivity index (χ1v) is 4.49. The molecule has 0 aliphatic rings. The summed E-state index contributed by atoms with van der Waals surface area (Å²) < 4.78 is 53.9. The highest BCUT2D eigenvalue weighted by Gasteiger charge is 2.31. The predicted octanol–water partition coefficient (Wildman–Crippen LogP) is 3.21. The molecule has 1 rings (SSSR count). The van der Waals surface area contributed by atoms with Gasteiger partial charge in [0.25, 0.3) is 0 Å². The molecule has 1 atom stereocenters. The zero-order chi connectivity index (χ0) is 12.3. The number of rotatable bonds is 3. The third-order valence-electron chi connectivity index (χ3n) is 2.06. The number of nitrogens with two attached hydrogens (primary N) is 1. The van der Waals surface area contributed by atoms with E-state index in [0.29, 0.717) is 0 Å². The van der Waals surface area contributed by atoms with E-state index in [0.717, 1.165) is 6.07 Å². The number of hydrogen-bond donors (Lipinski definition) is 1. The lowest BCUT2D eigenvalue weighted by atomic mass is 10.0. The molecule has 0 radical (unpaired) electrons. The zero-order valence-corrected chi connectivity index (χ0v) is 9.74. The van der Waals surface area contributed by atoms with E-state index in [1.165, 1.54) is 19.2 Å². The van der Waals surface area contributed by atoms with Gasteiger partial charge in [0.15, 0.2) is 11.6 Å². The Morgan fingerprint density at radius 1 is 1.35 bits per heavy atom. The van der Waals surface area contributed by atoms with Gasteiger partial charge in [0.2, 0.25) is 0 Å². The van der Waals surface area contributed by atoms with Crippen LogP contribution in [0.3, 0.4) is 0 Å². The van der Waals surface area contributed by atoms with E-state index < -0.39 is 24.5 Å². The fraction of sp³-hybridized carbons (Fsp3) is 0.400. The van der Waals surface area contributed by atoms with Crippen molar-refractivity contribution in [3.05, 3.63) is 29.6 Å². The first-order valence-electron chi connectivity index (χ1n) is 4.49. The van der Waals surface area contributed by atoms with Gasteiger partial charge in [-0.1, -0.05) is 6.07 Å². The Labute approximate surface area is 102 Å². The molecule has 0 unspecified atom stereocenters. The fourth-order valence-corrected chi connectivity index (χ4v) is 1.28. The fourth-order valence-electron chi connectivity index (χ4n) is 1.28. The second kappa shape index (κ2) is 6.07. The van der Waals surface area contributed by atoms with Crippen LogP contribution < -0.4 is 10.5 Å². The summed E-state index contributed by atoms with van der Waals surface area (Å²) in [6.07, 6.45) is -5.55. The van der Waals surface area contributed by atoms with Crippen molar-refractivity contribution in [2.75, 3.05) is 7.11 Å². The zero-order valence-electron chi connectivity index (χ0n) is 8.92. The van der Waals surface area contributed by atoms with Gasteiger partial charge in [-0.25, -0.2) is 4.39 Å². The molecular weight excluding hydrogens is 262 g/mol. The molecule has 7 heteroatoms. The minimum Gasteiger partial charge on any atom is -0.494 e. The minimum atomic E-state index is -4.37. The number of ether oxygens (including phenoxy) is 1. The summed E-state index contributed by atoms with van der Waals surface area (Å²) in [6.45, 7) is 0. The molecule has 0 heterocycles. The summed E-state index contributed by atoms with van der Waals surface area (Å²) in [5.74, 6) is -0.749. The number of halogens is 5. The van der Waals surface area contributed by atoms with Crippen LogP contribution in [0.15, 0.2) is 18.2 Å². The lowest BCUT2D eigenvalue weighted by Gasteiger charge is -2.15. The monoisotopic (exact) mass is 273 g/mol. The predicted molar refractivity (Wildman–Crippen MR) is 57.8 cm³/mol. The van der Waals surface area contributed by atoms with Crippen LogP contribution in [0.4, 0.5) is 17.6 Å². The quantitative estimate of drug-likeness (QED) is 0.859. The molecule has 1 aromatic rings. The summed E-state index contributed by atoms with van der Waals surface area (Å²) in [5, 5.41) is 0. The van der Waals surface area contributed by atoms with E-state index in [1.807, 2.05) is 0 Å². The van der Waals surface area contributed by atoms with Crippen LogP contribution in [0.1, 0.15) is 18.0 Å². The number of alkyl halides is 3. The lowest BCUT2D eigenvalue weighted by Crippen LogP contribution is -2.20. The maximum atomic E-state index is 13.2. The third-order valence-corrected chi connectivity index (χ3v) is 2.06. The van der Waals surface area contributed by atoms with Gasteiger partial charge in [-0.15, -0.1) is 12.4 Å². The standard InChI is InChI=1S/C10H11F4NO.ClH/c1-16-9-3-2-6(4-7(9)11)8(15)5-10(12,13)14;/h2-4,8H,5,15H2,1H3;1H/t8-;/m0./s1. The van der Waals surface area contributed by atoms with Crippen LogP contribution in [0.2, 0.25) is 0 Å². The van der Waals surface area contributed by atoms with Crippen LogP contribution in [-0.2, 0) is 0 Å². The topological polar surface area (TPSA) is 35.2 Å². The Hall–Kier alpha value is -1.01. The van der Waals surface area contributed by atoms with Crippen LogP contribution in [-0.4, -0.2) is 13.3 Å². The molecule has 98 valence electrons. The summed E-state index contributed by atoms with van der Waals surface area (Å²) in [6, 6.07) is 2.26. The van der Waals surface area contributed by atoms with Gasteiger partial charge in [-0.05, 0) is 17.7 Å². The van der Waals surface area contributed by atoms with Crippen molar-refractivity contribution in [2.45, 2.75) is 18.6 Å². The van der Waals surface area contributed by atoms with Crippen LogP contribution in [0.25, 0.3) is 0 Å². The lowest BCUT2D eigenvalue weighted by molar-refractivity contribution is -0.138. The van der Waals surface area contributed by atoms with Gasteiger partial charge in [0.05, 0.1) is 13.5 Å². The molecule has 17 heavy (non-hydrogen) atoms. The van der Waals surface area contributed by atoms with E-state index in [4.69, 9.17) is 5.73 Å². The molecule has 0 saturated heterocycles. The Morgan fingerprint density at radius 3 is 2.35 bits per heavy atom. The van der Waals surface area contributed by atoms with Crippen LogP contribution >= 0.6 is 12.4 Å². The molecule has 2 N–H and O–H groups in total. The van der Waals surface area contributed by atoms with Crippen molar-refractivity contribution in [3.63, 3.8) is 0 Å². The minimum absolute atomic E-state index is 0. The van der Waals surface area contributed by atoms with Gasteiger partial charge in [-0.2, -0.15) is 13.2 Å². The second-order valence-corrected chi connectivity index (χ2v) is 3.32. The summed E-state index contributed by atoms with van der Waals surface area (Å²) >= 11 is 0. The maximum Gasteiger partial charge on any atom is 0.390 e. The highest BCUT2D eigenvalue weighted by Crippen LogP contribution is 2.29. The molecule has 0 fully saturated rings. The SMILES string of the molecule is COc1ccc([C@@H](N)CC(F)(F)F)cc1F.Cl. The van der Waals surface area contributed by atoms with Gasteiger partial charge >= 0.3 is 6.18 Å². The molecule has 0 aromatic heterocycles. The van der Waals surface area contributed by atoms with Gasteiger partial charge < -0.3 is 10.5 Å². The van der Waals surface area contributed by atoms with Crippen molar-refractivity contribution in [2.24, 2.45) is 5.73 Å². The molecule has 0 spiro atoms. The Kier molecular flexibility index (Phi) is 5.71. The van der Waals surface area contributed by atoms with Crippen molar-refractivity contribution in [1.29, 1.82) is 0 Å². The summed E-state index contributed by atoms with van der Waals surface area (Å²) in [4.78, 5) is 0. The normalized spacial score (nSPS) is 12.8. The summed E-state index contributed by atoms with van der Waals surface area (Å²) in [7, 11) is 1.27. The second-order valence-electron chi connectivity index (χ2n) is 3.32. The maximum absolute atomic E-state index is 13.2. The largest absolute Gasteiger partial charge is 0.494 e. The van der Waals surface area contributed by atoms with Gasteiger partial charge in [0.1, 0.15) is 0 Å². The first kappa shape index (κ1) is 16.0. The van der Waals surface area contributed by atoms with E-state index in [1.54, 1.807) is 0 Å². The van der Waals surface area contributed by atoms with Crippen LogP contribution in [0, 0.1) is 5.82 Å². The average molecular weight is 274 g/mol. The Morgan fingerprint density at radius 2 is 1.94 bits per heavy atom. The number of hydrogen-bond acceptors (Lipinski definition) is 2. The van der Waals surface area contributed by atoms with E-state index >= 15 is 0 Å². The molecule has 0 bridgehead atoms. The molecule has 0 aliphatic heterocycles. The van der Waals surface area contributed by atoms with E-state index in [-0.39, 0.29) is 23.7 Å². The smallest absolute Gasteiger partial charge is 0.390 e. The molecule has 1 aromatic carbocycles. The Bertz CT molecular complexity index is 370. The number of benzene rings is 1. The van der Waals surface area contributed by atoms with Crippen molar-refractivity contribution in [3.8, 4) is 5.75 Å². The van der Waals surface area contributed by atoms with E-state index in [2.05, 4.69) is 4.74 Å². The average Bonchev–Trinajstić information content (AvgIpc) is 2.15. The summed E-state index contributed by atoms with van der Waals surface area (Å²) in [5.41, 5.74) is 5.41.